The molecular weight excluding hydrogens is 441 g/mol. The van der Waals surface area contributed by atoms with Crippen LogP contribution in [0.15, 0.2) is 0 Å². The molecule has 196 valence electrons. The number of hydrogen-bond acceptors (Lipinski definition) is 3. The van der Waals surface area contributed by atoms with Gasteiger partial charge in [0.1, 0.15) is 23.5 Å². The van der Waals surface area contributed by atoms with E-state index in [0.29, 0.717) is 47.7 Å². The van der Waals surface area contributed by atoms with Crippen molar-refractivity contribution in [1.29, 1.82) is 0 Å². The summed E-state index contributed by atoms with van der Waals surface area (Å²) >= 11 is 0. The lowest BCUT2D eigenvalue weighted by Crippen LogP contribution is -2.63. The van der Waals surface area contributed by atoms with Crippen molar-refractivity contribution >= 4 is 53.0 Å². The summed E-state index contributed by atoms with van der Waals surface area (Å²) in [7, 11) is 13.0. The third-order valence-electron chi connectivity index (χ3n) is 12.9. The summed E-state index contributed by atoms with van der Waals surface area (Å²) in [5.41, 5.74) is 0.354. The quantitative estimate of drug-likeness (QED) is 0.421. The van der Waals surface area contributed by atoms with Crippen LogP contribution < -0.4 is 0 Å². The largest absolute Gasteiger partial charge is 0.482 e. The minimum absolute atomic E-state index is 0.106. The second kappa shape index (κ2) is 9.46. The van der Waals surface area contributed by atoms with Gasteiger partial charge in [0.15, 0.2) is 0 Å². The van der Waals surface area contributed by atoms with E-state index >= 15 is 0 Å². The number of aliphatic hydroxyl groups is 2. The topological polar surface area (TPSA) is 77.8 Å². The summed E-state index contributed by atoms with van der Waals surface area (Å²) in [5.74, 6) is 2.51. The summed E-state index contributed by atoms with van der Waals surface area (Å²) in [6.07, 6.45) is 7.67. The van der Waals surface area contributed by atoms with Gasteiger partial charge in [0.25, 0.3) is 5.97 Å². The van der Waals surface area contributed by atoms with Crippen molar-refractivity contribution in [3.8, 4) is 0 Å². The van der Waals surface area contributed by atoms with Crippen LogP contribution in [0.2, 0.25) is 16.1 Å². The predicted molar refractivity (Wildman–Crippen MR) is 163 cm³/mol. The molecule has 3 N–H and O–H groups in total. The Labute approximate surface area is 225 Å². The smallest absolute Gasteiger partial charge is 0.293 e. The third kappa shape index (κ3) is 4.50. The van der Waals surface area contributed by atoms with Crippen molar-refractivity contribution in [3.63, 3.8) is 0 Å². The van der Waals surface area contributed by atoms with Gasteiger partial charge >= 0.3 is 0 Å². The highest BCUT2D eigenvalue weighted by Gasteiger charge is 2.66. The molecule has 4 aliphatic rings. The van der Waals surface area contributed by atoms with E-state index in [1.807, 2.05) is 15.7 Å². The molecule has 0 aromatic carbocycles. The van der Waals surface area contributed by atoms with Crippen molar-refractivity contribution in [2.45, 2.75) is 100 Å². The van der Waals surface area contributed by atoms with E-state index in [9.17, 15) is 20.1 Å². The maximum absolute atomic E-state index is 12.3. The van der Waals surface area contributed by atoms with E-state index in [4.69, 9.17) is 0 Å². The number of aliphatic hydroxyl groups excluding tert-OH is 2. The monoisotopic (exact) mass is 492 g/mol. The van der Waals surface area contributed by atoms with Crippen molar-refractivity contribution in [3.05, 3.63) is 0 Å². The first-order valence-electron chi connectivity index (χ1n) is 15.0. The molecule has 10 heteroatoms. The third-order valence-corrected chi connectivity index (χ3v) is 12.9. The first-order valence-corrected chi connectivity index (χ1v) is 15.0. The van der Waals surface area contributed by atoms with Crippen LogP contribution in [-0.4, -0.2) is 80.6 Å². The zero-order valence-corrected chi connectivity index (χ0v) is 24.7. The molecule has 4 rings (SSSR count). The fourth-order valence-electron chi connectivity index (χ4n) is 10.6. The Bertz CT molecular complexity index is 851. The highest BCUT2D eigenvalue weighted by atomic mass is 16.4. The molecular formula is C26H50B6O4. The summed E-state index contributed by atoms with van der Waals surface area (Å²) < 4.78 is 0. The maximum Gasteiger partial charge on any atom is 0.293 e. The maximum atomic E-state index is 12.3. The first kappa shape index (κ1) is 28.8. The van der Waals surface area contributed by atoms with E-state index < -0.39 is 11.2 Å². The average molecular weight is 492 g/mol. The van der Waals surface area contributed by atoms with Gasteiger partial charge in [-0.05, 0) is 104 Å². The van der Waals surface area contributed by atoms with Crippen LogP contribution in [0.25, 0.3) is 0 Å². The lowest BCUT2D eigenvalue weighted by atomic mass is 9.29. The molecule has 0 aliphatic heterocycles. The molecule has 0 aromatic heterocycles. The van der Waals surface area contributed by atoms with Gasteiger partial charge in [-0.25, -0.2) is 0 Å². The predicted octanol–water partition coefficient (Wildman–Crippen LogP) is -0.909. The number of carboxylic acid groups (broad SMARTS) is 1. The van der Waals surface area contributed by atoms with Crippen LogP contribution >= 0.6 is 0 Å². The van der Waals surface area contributed by atoms with Crippen molar-refractivity contribution in [2.75, 3.05) is 0 Å². The van der Waals surface area contributed by atoms with Crippen LogP contribution in [0, 0.1) is 52.3 Å². The summed E-state index contributed by atoms with van der Waals surface area (Å²) in [6, 6.07) is 0. The Morgan fingerprint density at radius 3 is 2.11 bits per heavy atom. The Morgan fingerprint density at radius 1 is 0.944 bits per heavy atom. The molecule has 0 radical (unpaired) electrons. The van der Waals surface area contributed by atoms with Gasteiger partial charge in [-0.2, -0.15) is 0 Å². The Balaban J connectivity index is 1.69. The summed E-state index contributed by atoms with van der Waals surface area (Å²) in [6.45, 7) is 7.29. The molecule has 36 heavy (non-hydrogen) atoms. The van der Waals surface area contributed by atoms with Crippen LogP contribution in [0.5, 0.6) is 0 Å². The molecule has 4 fully saturated rings. The van der Waals surface area contributed by atoms with E-state index in [2.05, 4.69) is 52.2 Å². The highest BCUT2D eigenvalue weighted by molar-refractivity contribution is 6.61. The van der Waals surface area contributed by atoms with Gasteiger partial charge in [-0.1, -0.05) is 26.6 Å². The van der Waals surface area contributed by atoms with E-state index in [1.165, 1.54) is 12.8 Å². The zero-order chi connectivity index (χ0) is 27.0. The van der Waals surface area contributed by atoms with Gasteiger partial charge < -0.3 is 15.3 Å². The van der Waals surface area contributed by atoms with Gasteiger partial charge in [-0.3, -0.25) is 4.79 Å². The standard InChI is InChI=1S/C26H50B6O4/c1-12(11-25(28,29)22(35)36)14-4-5-15-18-16(7-9-23(14,15)2)24(3)8-6-13(33)10-17(24)19(20(18)34)21(27)26(30,31)32/h12-21,33-34H,4-11,27-32H2,1-3H3,(H,35,36)/t12-,13-,14?,15+,16+,17+,18+,19-,20+,21?,23-,24-/m1/s1. The molecule has 0 spiro atoms. The number of rotatable bonds is 6. The minimum atomic E-state index is -0.702. The minimum Gasteiger partial charge on any atom is -0.482 e. The van der Waals surface area contributed by atoms with E-state index in [-0.39, 0.29) is 34.1 Å². The molecule has 4 aliphatic carbocycles. The van der Waals surface area contributed by atoms with Crippen molar-refractivity contribution in [1.82, 2.24) is 0 Å². The molecule has 4 saturated carbocycles. The number of hydrogen-bond donors (Lipinski definition) is 3. The van der Waals surface area contributed by atoms with E-state index in [1.54, 1.807) is 0 Å². The lowest BCUT2D eigenvalue weighted by molar-refractivity contribution is -0.203. The molecule has 0 amide bonds. The van der Waals surface area contributed by atoms with Gasteiger partial charge in [-0.15, -0.1) is 5.11 Å². The second-order valence-corrected chi connectivity index (χ2v) is 16.2. The molecule has 0 bridgehead atoms. The molecule has 0 aromatic rings. The Morgan fingerprint density at radius 2 is 1.53 bits per heavy atom. The Hall–Kier alpha value is -0.220. The van der Waals surface area contributed by atoms with Gasteiger partial charge in [0.05, 0.1) is 35.7 Å². The molecule has 0 saturated heterocycles. The van der Waals surface area contributed by atoms with Crippen LogP contribution in [0.4, 0.5) is 0 Å². The fraction of sp³-hybridized carbons (Fsp3) is 0.962. The second-order valence-electron chi connectivity index (χ2n) is 16.2. The SMILES string of the molecule is BC([C@H]1[C@@H](O)[C@@H]2[C@H](CC[C@]3(C)C([C@H](C)CC(B)(B)C(=O)O)CC[C@@H]23)[C@@]2(C)CC[C@@H](O)C[C@@H]12)C(B)(B)B. The normalized spacial score (nSPS) is 46.7. The summed E-state index contributed by atoms with van der Waals surface area (Å²) in [4.78, 5) is 11.9. The molecule has 0 heterocycles. The van der Waals surface area contributed by atoms with Crippen LogP contribution in [0.3, 0.4) is 0 Å². The molecule has 12 atom stereocenters. The van der Waals surface area contributed by atoms with Crippen LogP contribution in [0.1, 0.15) is 72.1 Å². The fourth-order valence-corrected chi connectivity index (χ4v) is 10.6. The molecule has 4 nitrogen and oxygen atoms in total. The van der Waals surface area contributed by atoms with Crippen molar-refractivity contribution < 1.29 is 20.1 Å². The first-order chi connectivity index (χ1) is 16.4. The van der Waals surface area contributed by atoms with Gasteiger partial charge in [0, 0.05) is 5.21 Å². The van der Waals surface area contributed by atoms with Crippen molar-refractivity contribution in [2.24, 2.45) is 52.3 Å². The Kier molecular flexibility index (Phi) is 7.56. The highest BCUT2D eigenvalue weighted by Crippen LogP contribution is 2.71. The average Bonchev–Trinajstić information content (AvgIpc) is 3.11. The zero-order valence-electron chi connectivity index (χ0n) is 24.7. The lowest BCUT2D eigenvalue weighted by Gasteiger charge is -2.66. The number of fused-ring (bicyclic) bond motifs is 5. The van der Waals surface area contributed by atoms with Gasteiger partial charge in [0.2, 0.25) is 0 Å². The number of carboxylic acids is 1. The van der Waals surface area contributed by atoms with Crippen LogP contribution in [-0.2, 0) is 4.79 Å². The number of aliphatic carboxylic acids is 1. The summed E-state index contributed by atoms with van der Waals surface area (Å²) in [5, 5.41) is 32.2. The number of carbonyl (C=O) groups is 1. The molecule has 2 unspecified atom stereocenters. The van der Waals surface area contributed by atoms with E-state index in [0.717, 1.165) is 32.1 Å².